The average molecular weight is 495 g/mol. The number of oxime groups is 1. The maximum atomic E-state index is 14.2. The topological polar surface area (TPSA) is 38.7 Å². The molecule has 1 unspecified atom stereocenters. The van der Waals surface area contributed by atoms with Gasteiger partial charge in [-0.3, -0.25) is 0 Å². The van der Waals surface area contributed by atoms with Crippen LogP contribution in [0.5, 0.6) is 0 Å². The fourth-order valence-electron chi connectivity index (χ4n) is 3.84. The van der Waals surface area contributed by atoms with Crippen LogP contribution < -0.4 is 0 Å². The van der Waals surface area contributed by atoms with Gasteiger partial charge in [0.25, 0.3) is 0 Å². The molecule has 0 bridgehead atoms. The van der Waals surface area contributed by atoms with Gasteiger partial charge in [0, 0.05) is 11.8 Å². The Bertz CT molecular complexity index is 1340. The van der Waals surface area contributed by atoms with E-state index in [1.165, 1.54) is 0 Å². The van der Waals surface area contributed by atoms with Gasteiger partial charge in [-0.15, -0.1) is 0 Å². The summed E-state index contributed by atoms with van der Waals surface area (Å²) < 4.78 is 69.0. The summed E-state index contributed by atoms with van der Waals surface area (Å²) in [5, 5.41) is 3.92. The van der Waals surface area contributed by atoms with E-state index in [1.807, 2.05) is 66.8 Å². The highest BCUT2D eigenvalue weighted by Gasteiger charge is 2.32. The van der Waals surface area contributed by atoms with E-state index < -0.39 is 46.5 Å². The maximum Gasteiger partial charge on any atom is 0.371 e. The standard InChI is InChI=1S/C28H18F5NO2/c29-22-21(23(30)25(32)26(33)24(22)31)28(35)36-34-27(19-15-9-4-10-16-19)20(18-13-7-3-8-14-18)17-11-5-1-2-6-12-17/h1-17,20H/b34-27+. The zero-order valence-corrected chi connectivity index (χ0v) is 18.5. The second-order valence-electron chi connectivity index (χ2n) is 7.79. The smallest absolute Gasteiger partial charge is 0.312 e. The minimum atomic E-state index is -2.38. The van der Waals surface area contributed by atoms with Gasteiger partial charge < -0.3 is 4.84 Å². The number of carbonyl (C=O) groups is 1. The lowest BCUT2D eigenvalue weighted by atomic mass is 9.79. The van der Waals surface area contributed by atoms with E-state index >= 15 is 0 Å². The Labute approximate surface area is 203 Å². The Morgan fingerprint density at radius 3 is 1.75 bits per heavy atom. The van der Waals surface area contributed by atoms with Gasteiger partial charge in [0.1, 0.15) is 5.56 Å². The molecule has 0 aromatic heterocycles. The second-order valence-corrected chi connectivity index (χ2v) is 7.79. The van der Waals surface area contributed by atoms with Crippen LogP contribution in [0, 0.1) is 35.0 Å². The Hall–Kier alpha value is -4.33. The van der Waals surface area contributed by atoms with Crippen LogP contribution in [-0.4, -0.2) is 11.7 Å². The molecule has 0 spiro atoms. The number of nitrogens with zero attached hydrogens (tertiary/aromatic N) is 1. The van der Waals surface area contributed by atoms with Crippen molar-refractivity contribution >= 4 is 11.7 Å². The van der Waals surface area contributed by atoms with E-state index in [9.17, 15) is 26.7 Å². The first-order chi connectivity index (χ1) is 17.4. The van der Waals surface area contributed by atoms with Crippen LogP contribution in [0.3, 0.4) is 0 Å². The van der Waals surface area contributed by atoms with E-state index in [0.717, 1.165) is 5.56 Å². The molecule has 0 radical (unpaired) electrons. The molecule has 1 aliphatic carbocycles. The molecule has 1 aliphatic rings. The fourth-order valence-corrected chi connectivity index (χ4v) is 3.84. The summed E-state index contributed by atoms with van der Waals surface area (Å²) >= 11 is 0. The highest BCUT2D eigenvalue weighted by atomic mass is 19.2. The molecule has 0 saturated carbocycles. The van der Waals surface area contributed by atoms with Crippen molar-refractivity contribution in [3.63, 3.8) is 0 Å². The monoisotopic (exact) mass is 495 g/mol. The Balaban J connectivity index is 1.83. The molecular weight excluding hydrogens is 477 g/mol. The molecule has 3 aromatic rings. The van der Waals surface area contributed by atoms with Crippen LogP contribution in [0.15, 0.2) is 102 Å². The number of carbonyl (C=O) groups excluding carboxylic acids is 1. The Kier molecular flexibility index (Phi) is 7.53. The van der Waals surface area contributed by atoms with Gasteiger partial charge in [-0.2, -0.15) is 0 Å². The SMILES string of the molecule is O=C(O/N=C(\c1ccccc1)C(c1ccccc1)C1C=CC=CC=C1)c1c(F)c(F)c(F)c(F)c1F. The number of allylic oxidation sites excluding steroid dienone is 6. The third-order valence-corrected chi connectivity index (χ3v) is 5.55. The molecule has 4 rings (SSSR count). The summed E-state index contributed by atoms with van der Waals surface area (Å²) in [5.41, 5.74) is -0.207. The number of benzene rings is 3. The molecule has 0 amide bonds. The largest absolute Gasteiger partial charge is 0.371 e. The van der Waals surface area contributed by atoms with Crippen molar-refractivity contribution in [1.29, 1.82) is 0 Å². The number of hydrogen-bond acceptors (Lipinski definition) is 3. The Morgan fingerprint density at radius 2 is 1.19 bits per heavy atom. The molecule has 0 heterocycles. The molecular formula is C28H18F5NO2. The summed E-state index contributed by atoms with van der Waals surface area (Å²) in [6, 6.07) is 17.7. The van der Waals surface area contributed by atoms with Crippen molar-refractivity contribution in [2.75, 3.05) is 0 Å². The number of halogens is 5. The van der Waals surface area contributed by atoms with E-state index in [1.54, 1.807) is 30.3 Å². The molecule has 1 atom stereocenters. The van der Waals surface area contributed by atoms with Crippen LogP contribution in [0.25, 0.3) is 0 Å². The molecule has 0 N–H and O–H groups in total. The lowest BCUT2D eigenvalue weighted by molar-refractivity contribution is 0.0500. The fraction of sp³-hybridized carbons (Fsp3) is 0.0714. The van der Waals surface area contributed by atoms with Gasteiger partial charge in [-0.25, -0.2) is 26.7 Å². The molecule has 8 heteroatoms. The van der Waals surface area contributed by atoms with Crippen molar-refractivity contribution in [3.8, 4) is 0 Å². The first kappa shape index (κ1) is 24.8. The predicted molar refractivity (Wildman–Crippen MR) is 125 cm³/mol. The van der Waals surface area contributed by atoms with Crippen LogP contribution in [0.1, 0.15) is 27.4 Å². The average Bonchev–Trinajstić information content (AvgIpc) is 3.19. The van der Waals surface area contributed by atoms with Gasteiger partial charge >= 0.3 is 5.97 Å². The number of hydrogen-bond donors (Lipinski definition) is 0. The predicted octanol–water partition coefficient (Wildman–Crippen LogP) is 7.03. The van der Waals surface area contributed by atoms with Crippen molar-refractivity contribution in [3.05, 3.63) is 143 Å². The minimum absolute atomic E-state index is 0.209. The quantitative estimate of drug-likeness (QED) is 0.0920. The van der Waals surface area contributed by atoms with Gasteiger partial charge in [0.05, 0.1) is 5.71 Å². The lowest BCUT2D eigenvalue weighted by Gasteiger charge is -2.24. The van der Waals surface area contributed by atoms with E-state index in [4.69, 9.17) is 4.84 Å². The van der Waals surface area contributed by atoms with E-state index in [-0.39, 0.29) is 11.6 Å². The summed E-state index contributed by atoms with van der Waals surface area (Å²) in [6.07, 6.45) is 11.2. The highest BCUT2D eigenvalue weighted by molar-refractivity contribution is 6.06. The summed E-state index contributed by atoms with van der Waals surface area (Å²) in [5.74, 6) is -14.1. The first-order valence-electron chi connectivity index (χ1n) is 10.8. The van der Waals surface area contributed by atoms with Crippen LogP contribution >= 0.6 is 0 Å². The summed E-state index contributed by atoms with van der Waals surface area (Å²) in [7, 11) is 0. The van der Waals surface area contributed by atoms with Crippen LogP contribution in [-0.2, 0) is 4.84 Å². The molecule has 0 fully saturated rings. The lowest BCUT2D eigenvalue weighted by Crippen LogP contribution is -2.22. The summed E-state index contributed by atoms with van der Waals surface area (Å²) in [4.78, 5) is 17.4. The molecule has 0 aliphatic heterocycles. The number of rotatable bonds is 6. The van der Waals surface area contributed by atoms with Crippen molar-refractivity contribution in [2.24, 2.45) is 11.1 Å². The van der Waals surface area contributed by atoms with Gasteiger partial charge in [-0.05, 0) is 11.1 Å². The van der Waals surface area contributed by atoms with E-state index in [2.05, 4.69) is 5.16 Å². The zero-order valence-electron chi connectivity index (χ0n) is 18.5. The molecule has 0 saturated heterocycles. The van der Waals surface area contributed by atoms with Gasteiger partial charge in [-0.1, -0.05) is 102 Å². The Morgan fingerprint density at radius 1 is 0.694 bits per heavy atom. The first-order valence-corrected chi connectivity index (χ1v) is 10.8. The van der Waals surface area contributed by atoms with Crippen LogP contribution in [0.4, 0.5) is 22.0 Å². The third-order valence-electron chi connectivity index (χ3n) is 5.55. The van der Waals surface area contributed by atoms with Gasteiger partial charge in [0.15, 0.2) is 23.3 Å². The highest BCUT2D eigenvalue weighted by Crippen LogP contribution is 2.33. The normalized spacial score (nSPS) is 14.5. The molecule has 3 nitrogen and oxygen atoms in total. The van der Waals surface area contributed by atoms with Gasteiger partial charge in [0.2, 0.25) is 5.82 Å². The van der Waals surface area contributed by atoms with Crippen molar-refractivity contribution < 1.29 is 31.6 Å². The van der Waals surface area contributed by atoms with Crippen LogP contribution in [0.2, 0.25) is 0 Å². The third kappa shape index (κ3) is 5.02. The second kappa shape index (κ2) is 10.9. The minimum Gasteiger partial charge on any atom is -0.312 e. The van der Waals surface area contributed by atoms with Crippen molar-refractivity contribution in [1.82, 2.24) is 0 Å². The molecule has 182 valence electrons. The van der Waals surface area contributed by atoms with Crippen molar-refractivity contribution in [2.45, 2.75) is 5.92 Å². The summed E-state index contributed by atoms with van der Waals surface area (Å²) in [6.45, 7) is 0. The zero-order chi connectivity index (χ0) is 25.7. The molecule has 36 heavy (non-hydrogen) atoms. The molecule has 3 aromatic carbocycles. The van der Waals surface area contributed by atoms with E-state index in [0.29, 0.717) is 5.56 Å². The maximum absolute atomic E-state index is 14.2.